The average molecular weight is 507 g/mol. The van der Waals surface area contributed by atoms with Gasteiger partial charge in [0.1, 0.15) is 11.0 Å². The van der Waals surface area contributed by atoms with Gasteiger partial charge in [-0.05, 0) is 55.3 Å². The molecular formula is C26H30N6O3S. The van der Waals surface area contributed by atoms with E-state index >= 15 is 0 Å². The van der Waals surface area contributed by atoms with Crippen molar-refractivity contribution in [1.29, 1.82) is 0 Å². The van der Waals surface area contributed by atoms with Crippen LogP contribution in [0.1, 0.15) is 34.3 Å². The molecule has 0 aliphatic carbocycles. The van der Waals surface area contributed by atoms with Crippen LogP contribution < -0.4 is 16.6 Å². The summed E-state index contributed by atoms with van der Waals surface area (Å²) in [5, 5.41) is 4.37. The number of rotatable bonds is 9. The van der Waals surface area contributed by atoms with E-state index in [2.05, 4.69) is 31.1 Å². The number of ether oxygens (including phenoxy) is 1. The minimum Gasteiger partial charge on any atom is -0.380 e. The predicted octanol–water partition coefficient (Wildman–Crippen LogP) is 2.51. The second kappa shape index (κ2) is 10.8. The number of hydrogen-bond donors (Lipinski definition) is 2. The highest BCUT2D eigenvalue weighted by molar-refractivity contribution is 7.00. The fraction of sp³-hybridized carbons (Fsp3) is 0.385. The van der Waals surface area contributed by atoms with E-state index in [0.29, 0.717) is 24.6 Å². The molecule has 0 radical (unpaired) electrons. The quantitative estimate of drug-likeness (QED) is 0.358. The Kier molecular flexibility index (Phi) is 7.38. The molecule has 3 N–H and O–H groups in total. The zero-order chi connectivity index (χ0) is 25.1. The Labute approximate surface area is 213 Å². The third-order valence-electron chi connectivity index (χ3n) is 6.89. The van der Waals surface area contributed by atoms with E-state index in [-0.39, 0.29) is 11.1 Å². The third-order valence-corrected chi connectivity index (χ3v) is 7.45. The lowest BCUT2D eigenvalue weighted by molar-refractivity contribution is 0.100. The van der Waals surface area contributed by atoms with Crippen LogP contribution in [0, 0.1) is 0 Å². The fourth-order valence-corrected chi connectivity index (χ4v) is 5.44. The first-order valence-corrected chi connectivity index (χ1v) is 12.9. The molecule has 36 heavy (non-hydrogen) atoms. The summed E-state index contributed by atoms with van der Waals surface area (Å²) in [4.78, 5) is 27.3. The fourth-order valence-electron chi connectivity index (χ4n) is 4.92. The van der Waals surface area contributed by atoms with Crippen LogP contribution in [0.2, 0.25) is 0 Å². The molecule has 1 fully saturated rings. The molecule has 4 aromatic rings. The number of carbonyl (C=O) groups excluding carboxylic acids is 1. The molecule has 1 saturated heterocycles. The van der Waals surface area contributed by atoms with Crippen LogP contribution in [-0.4, -0.2) is 56.9 Å². The average Bonchev–Trinajstić information content (AvgIpc) is 3.35. The number of methoxy groups -OCH3 is 1. The van der Waals surface area contributed by atoms with Crippen molar-refractivity contribution in [3.63, 3.8) is 0 Å². The van der Waals surface area contributed by atoms with Crippen molar-refractivity contribution in [3.05, 3.63) is 69.5 Å². The van der Waals surface area contributed by atoms with E-state index in [1.165, 1.54) is 23.4 Å². The van der Waals surface area contributed by atoms with Gasteiger partial charge in [0.25, 0.3) is 5.56 Å². The van der Waals surface area contributed by atoms with Gasteiger partial charge >= 0.3 is 0 Å². The van der Waals surface area contributed by atoms with E-state index in [0.717, 1.165) is 61.1 Å². The molecular weight excluding hydrogens is 476 g/mol. The van der Waals surface area contributed by atoms with Crippen molar-refractivity contribution >= 4 is 39.6 Å². The van der Waals surface area contributed by atoms with Crippen LogP contribution in [0.15, 0.2) is 47.3 Å². The lowest BCUT2D eigenvalue weighted by Crippen LogP contribution is -2.43. The number of likely N-dealkylation sites (tertiary alicyclic amines) is 1. The summed E-state index contributed by atoms with van der Waals surface area (Å²) in [7, 11) is 1.63. The molecule has 9 nitrogen and oxygen atoms in total. The van der Waals surface area contributed by atoms with Crippen LogP contribution in [-0.2, 0) is 24.4 Å². The van der Waals surface area contributed by atoms with Gasteiger partial charge in [0.05, 0.1) is 29.4 Å². The summed E-state index contributed by atoms with van der Waals surface area (Å²) < 4.78 is 15.6. The van der Waals surface area contributed by atoms with Gasteiger partial charge in [0.2, 0.25) is 5.91 Å². The van der Waals surface area contributed by atoms with Gasteiger partial charge in [0.15, 0.2) is 0 Å². The maximum absolute atomic E-state index is 12.9. The molecule has 2 aromatic carbocycles. The topological polar surface area (TPSA) is 115 Å². The normalized spacial score (nSPS) is 15.1. The monoisotopic (exact) mass is 506 g/mol. The summed E-state index contributed by atoms with van der Waals surface area (Å²) in [5.41, 5.74) is 10.4. The molecule has 0 spiro atoms. The largest absolute Gasteiger partial charge is 0.380 e. The van der Waals surface area contributed by atoms with Crippen LogP contribution in [0.25, 0.3) is 21.9 Å². The van der Waals surface area contributed by atoms with Crippen LogP contribution >= 0.6 is 11.7 Å². The number of nitrogens with one attached hydrogen (secondary N) is 1. The number of amides is 1. The minimum absolute atomic E-state index is 0.213. The standard InChI is InChI=1S/C26H30N6O3S/c1-35-16-18-2-4-20-21(26(27)34)14-25(33)32(24(20)13-18)11-10-31-8-6-19(7-9-31)28-15-17-3-5-22-23(12-17)30-36-29-22/h2-5,12-14,19,28H,6-11,15-16H2,1H3,(H2,27,34). The van der Waals surface area contributed by atoms with Crippen LogP contribution in [0.3, 0.4) is 0 Å². The first-order valence-electron chi connectivity index (χ1n) is 12.1. The molecule has 188 valence electrons. The van der Waals surface area contributed by atoms with Crippen molar-refractivity contribution in [1.82, 2.24) is 23.5 Å². The Balaban J connectivity index is 1.21. The molecule has 1 amide bonds. The van der Waals surface area contributed by atoms with Gasteiger partial charge < -0.3 is 25.3 Å². The smallest absolute Gasteiger partial charge is 0.251 e. The van der Waals surface area contributed by atoms with Crippen molar-refractivity contribution in [2.75, 3.05) is 26.7 Å². The van der Waals surface area contributed by atoms with E-state index < -0.39 is 5.91 Å². The predicted molar refractivity (Wildman–Crippen MR) is 141 cm³/mol. The van der Waals surface area contributed by atoms with E-state index in [4.69, 9.17) is 10.5 Å². The number of pyridine rings is 1. The number of carbonyl (C=O) groups is 1. The summed E-state index contributed by atoms with van der Waals surface area (Å²) in [6, 6.07) is 13.7. The van der Waals surface area contributed by atoms with Crippen LogP contribution in [0.4, 0.5) is 0 Å². The maximum Gasteiger partial charge on any atom is 0.251 e. The highest BCUT2D eigenvalue weighted by Crippen LogP contribution is 2.20. The zero-order valence-corrected chi connectivity index (χ0v) is 21.1. The molecule has 0 atom stereocenters. The van der Waals surface area contributed by atoms with E-state index in [9.17, 15) is 9.59 Å². The SMILES string of the molecule is COCc1ccc2c(C(N)=O)cc(=O)n(CCN3CCC(NCc4ccc5nsnc5c4)CC3)c2c1. The van der Waals surface area contributed by atoms with E-state index in [1.54, 1.807) is 11.7 Å². The van der Waals surface area contributed by atoms with Gasteiger partial charge in [-0.3, -0.25) is 9.59 Å². The summed E-state index contributed by atoms with van der Waals surface area (Å²) in [5.74, 6) is -0.596. The number of benzene rings is 2. The number of fused-ring (bicyclic) bond motifs is 2. The highest BCUT2D eigenvalue weighted by Gasteiger charge is 2.20. The van der Waals surface area contributed by atoms with Crippen molar-refractivity contribution in [2.24, 2.45) is 5.73 Å². The number of nitrogens with two attached hydrogens (primary N) is 1. The number of primary amides is 1. The maximum atomic E-state index is 12.9. The van der Waals surface area contributed by atoms with Gasteiger partial charge in [-0.25, -0.2) is 0 Å². The molecule has 0 bridgehead atoms. The minimum atomic E-state index is -0.596. The number of piperidine rings is 1. The summed E-state index contributed by atoms with van der Waals surface area (Å²) >= 11 is 1.24. The summed E-state index contributed by atoms with van der Waals surface area (Å²) in [6.07, 6.45) is 2.10. The first kappa shape index (κ1) is 24.5. The number of nitrogens with zero attached hydrogens (tertiary/aromatic N) is 4. The molecule has 3 heterocycles. The van der Waals surface area contributed by atoms with Crippen LogP contribution in [0.5, 0.6) is 0 Å². The second-order valence-electron chi connectivity index (χ2n) is 9.28. The highest BCUT2D eigenvalue weighted by atomic mass is 32.1. The van der Waals surface area contributed by atoms with Gasteiger partial charge in [0, 0.05) is 44.2 Å². The summed E-state index contributed by atoms with van der Waals surface area (Å²) in [6.45, 7) is 4.49. The molecule has 2 aromatic heterocycles. The molecule has 1 aliphatic heterocycles. The molecule has 5 rings (SSSR count). The van der Waals surface area contributed by atoms with Crippen molar-refractivity contribution in [2.45, 2.75) is 38.6 Å². The Bertz CT molecular complexity index is 1440. The van der Waals surface area contributed by atoms with Gasteiger partial charge in [-0.15, -0.1) is 0 Å². The first-order chi connectivity index (χ1) is 17.5. The number of hydrogen-bond acceptors (Lipinski definition) is 8. The van der Waals surface area contributed by atoms with Crippen molar-refractivity contribution in [3.8, 4) is 0 Å². The van der Waals surface area contributed by atoms with E-state index in [1.807, 2.05) is 24.3 Å². The van der Waals surface area contributed by atoms with Gasteiger partial charge in [-0.1, -0.05) is 18.2 Å². The molecule has 10 heteroatoms. The molecule has 0 unspecified atom stereocenters. The second-order valence-corrected chi connectivity index (χ2v) is 9.81. The Morgan fingerprint density at radius 3 is 2.64 bits per heavy atom. The lowest BCUT2D eigenvalue weighted by atomic mass is 10.0. The number of aromatic nitrogens is 3. The Hall–Kier alpha value is -3.18. The Morgan fingerprint density at radius 1 is 1.08 bits per heavy atom. The zero-order valence-electron chi connectivity index (χ0n) is 20.3. The van der Waals surface area contributed by atoms with Gasteiger partial charge in [-0.2, -0.15) is 8.75 Å². The molecule has 0 saturated carbocycles. The lowest BCUT2D eigenvalue weighted by Gasteiger charge is -2.32. The molecule has 1 aliphatic rings. The van der Waals surface area contributed by atoms with Crippen molar-refractivity contribution < 1.29 is 9.53 Å². The Morgan fingerprint density at radius 2 is 1.86 bits per heavy atom. The third kappa shape index (κ3) is 5.31.